The van der Waals surface area contributed by atoms with Crippen LogP contribution >= 0.6 is 15.9 Å². The molecule has 3 aliphatic carbocycles. The predicted molar refractivity (Wildman–Crippen MR) is 81.1 cm³/mol. The summed E-state index contributed by atoms with van der Waals surface area (Å²) in [6.07, 6.45) is 6.46. The Morgan fingerprint density at radius 1 is 1.21 bits per heavy atom. The third kappa shape index (κ3) is 2.16. The molecule has 0 heterocycles. The van der Waals surface area contributed by atoms with Gasteiger partial charge in [0.05, 0.1) is 0 Å². The normalized spacial score (nSPS) is 39.2. The van der Waals surface area contributed by atoms with Crippen LogP contribution in [0.15, 0.2) is 0 Å². The molecule has 0 saturated heterocycles. The molecule has 19 heavy (non-hydrogen) atoms. The second kappa shape index (κ2) is 5.05. The van der Waals surface area contributed by atoms with Crippen molar-refractivity contribution in [1.82, 2.24) is 5.32 Å². The molecule has 0 aliphatic heterocycles. The Hall–Kier alpha value is -0.0500. The van der Waals surface area contributed by atoms with Crippen molar-refractivity contribution in [3.63, 3.8) is 0 Å². The first-order valence-corrected chi connectivity index (χ1v) is 9.11. The van der Waals surface area contributed by atoms with Crippen molar-refractivity contribution >= 4 is 21.8 Å². The summed E-state index contributed by atoms with van der Waals surface area (Å²) < 4.78 is 0. The van der Waals surface area contributed by atoms with Gasteiger partial charge in [-0.15, -0.1) is 0 Å². The average Bonchev–Trinajstić information content (AvgIpc) is 2.89. The quantitative estimate of drug-likeness (QED) is 0.742. The van der Waals surface area contributed by atoms with Gasteiger partial charge in [-0.3, -0.25) is 4.79 Å². The predicted octanol–water partition coefficient (Wildman–Crippen LogP) is 3.60. The maximum atomic E-state index is 12.4. The molecule has 3 aliphatic rings. The number of carbonyl (C=O) groups is 1. The van der Waals surface area contributed by atoms with E-state index in [0.29, 0.717) is 11.8 Å². The van der Waals surface area contributed by atoms with E-state index in [9.17, 15) is 4.79 Å². The van der Waals surface area contributed by atoms with Crippen molar-refractivity contribution in [2.75, 3.05) is 11.9 Å². The van der Waals surface area contributed by atoms with Gasteiger partial charge in [0.1, 0.15) is 0 Å². The van der Waals surface area contributed by atoms with Gasteiger partial charge in [0.25, 0.3) is 0 Å². The van der Waals surface area contributed by atoms with Crippen molar-refractivity contribution in [2.45, 2.75) is 46.0 Å². The first kappa shape index (κ1) is 13.9. The largest absolute Gasteiger partial charge is 0.355 e. The molecule has 4 atom stereocenters. The lowest BCUT2D eigenvalue weighted by Crippen LogP contribution is -2.39. The molecule has 2 nitrogen and oxygen atoms in total. The lowest BCUT2D eigenvalue weighted by atomic mass is 9.84. The molecular weight excluding hydrogens is 302 g/mol. The maximum absolute atomic E-state index is 12.4. The van der Waals surface area contributed by atoms with E-state index in [0.717, 1.165) is 48.4 Å². The van der Waals surface area contributed by atoms with Crippen LogP contribution in [0.25, 0.3) is 0 Å². The zero-order valence-corrected chi connectivity index (χ0v) is 13.7. The molecule has 1 N–H and O–H groups in total. The fraction of sp³-hybridized carbons (Fsp3) is 0.938. The highest BCUT2D eigenvalue weighted by molar-refractivity contribution is 9.09. The summed E-state index contributed by atoms with van der Waals surface area (Å²) >= 11 is 3.62. The van der Waals surface area contributed by atoms with E-state index in [1.54, 1.807) is 0 Å². The molecule has 3 heteroatoms. The lowest BCUT2D eigenvalue weighted by Gasteiger charge is -2.29. The van der Waals surface area contributed by atoms with Crippen LogP contribution in [-0.4, -0.2) is 17.8 Å². The second-order valence-corrected chi connectivity index (χ2v) is 7.63. The van der Waals surface area contributed by atoms with Crippen LogP contribution in [0.5, 0.6) is 0 Å². The third-order valence-corrected chi connectivity index (χ3v) is 7.65. The summed E-state index contributed by atoms with van der Waals surface area (Å²) in [5.74, 6) is 4.06. The van der Waals surface area contributed by atoms with Gasteiger partial charge in [-0.2, -0.15) is 0 Å². The number of hydrogen-bond donors (Lipinski definition) is 1. The zero-order valence-electron chi connectivity index (χ0n) is 12.1. The van der Waals surface area contributed by atoms with Crippen LogP contribution in [0.1, 0.15) is 46.0 Å². The Labute approximate surface area is 125 Å². The number of fused-ring (bicyclic) bond motifs is 5. The summed E-state index contributed by atoms with van der Waals surface area (Å²) in [5.41, 5.74) is 0.249. The number of rotatable bonds is 6. The van der Waals surface area contributed by atoms with E-state index in [1.165, 1.54) is 19.3 Å². The average molecular weight is 328 g/mol. The van der Waals surface area contributed by atoms with Gasteiger partial charge in [0.15, 0.2) is 0 Å². The molecule has 3 saturated carbocycles. The summed E-state index contributed by atoms with van der Waals surface area (Å²) in [5, 5.41) is 4.25. The molecule has 0 radical (unpaired) electrons. The SMILES string of the molecule is CCC(CC)(CBr)CNC(=O)C1C2C3CCC(C3)C12. The Kier molecular flexibility index (Phi) is 3.70. The fourth-order valence-electron chi connectivity index (χ4n) is 4.80. The molecule has 0 aromatic rings. The van der Waals surface area contributed by atoms with Gasteiger partial charge < -0.3 is 5.32 Å². The fourth-order valence-corrected chi connectivity index (χ4v) is 5.80. The van der Waals surface area contributed by atoms with Crippen molar-refractivity contribution < 1.29 is 4.79 Å². The van der Waals surface area contributed by atoms with Crippen LogP contribution in [0.3, 0.4) is 0 Å². The Bertz CT molecular complexity index is 341. The molecule has 4 unspecified atom stereocenters. The Balaban J connectivity index is 1.53. The summed E-state index contributed by atoms with van der Waals surface area (Å²) in [6.45, 7) is 5.29. The van der Waals surface area contributed by atoms with Crippen molar-refractivity contribution in [3.05, 3.63) is 0 Å². The summed E-state index contributed by atoms with van der Waals surface area (Å²) in [4.78, 5) is 12.4. The highest BCUT2D eigenvalue weighted by Crippen LogP contribution is 2.69. The molecule has 3 fully saturated rings. The number of hydrogen-bond acceptors (Lipinski definition) is 1. The van der Waals surface area contributed by atoms with Crippen LogP contribution in [0.2, 0.25) is 0 Å². The number of amides is 1. The zero-order chi connectivity index (χ0) is 13.6. The minimum Gasteiger partial charge on any atom is -0.355 e. The minimum absolute atomic E-state index is 0.249. The maximum Gasteiger partial charge on any atom is 0.223 e. The first-order valence-electron chi connectivity index (χ1n) is 7.99. The van der Waals surface area contributed by atoms with Crippen molar-refractivity contribution in [1.29, 1.82) is 0 Å². The van der Waals surface area contributed by atoms with Gasteiger partial charge in [0.2, 0.25) is 5.91 Å². The molecule has 2 bridgehead atoms. The monoisotopic (exact) mass is 327 g/mol. The molecule has 108 valence electrons. The lowest BCUT2D eigenvalue weighted by molar-refractivity contribution is -0.123. The summed E-state index contributed by atoms with van der Waals surface area (Å²) in [7, 11) is 0. The van der Waals surface area contributed by atoms with E-state index in [2.05, 4.69) is 35.1 Å². The van der Waals surface area contributed by atoms with E-state index in [1.807, 2.05) is 0 Å². The molecule has 1 amide bonds. The highest BCUT2D eigenvalue weighted by atomic mass is 79.9. The Morgan fingerprint density at radius 3 is 2.26 bits per heavy atom. The van der Waals surface area contributed by atoms with E-state index in [4.69, 9.17) is 0 Å². The molecule has 0 aromatic carbocycles. The number of alkyl halides is 1. The number of carbonyl (C=O) groups excluding carboxylic acids is 1. The van der Waals surface area contributed by atoms with Crippen LogP contribution in [0, 0.1) is 35.0 Å². The number of nitrogens with one attached hydrogen (secondary N) is 1. The van der Waals surface area contributed by atoms with Crippen LogP contribution in [0.4, 0.5) is 0 Å². The molecule has 3 rings (SSSR count). The van der Waals surface area contributed by atoms with Crippen LogP contribution < -0.4 is 5.32 Å². The van der Waals surface area contributed by atoms with E-state index >= 15 is 0 Å². The van der Waals surface area contributed by atoms with Crippen molar-refractivity contribution in [2.24, 2.45) is 35.0 Å². The van der Waals surface area contributed by atoms with Crippen LogP contribution in [-0.2, 0) is 4.79 Å². The van der Waals surface area contributed by atoms with Gasteiger partial charge in [-0.1, -0.05) is 29.8 Å². The molecular formula is C16H26BrNO. The topological polar surface area (TPSA) is 29.1 Å². The van der Waals surface area contributed by atoms with E-state index in [-0.39, 0.29) is 5.41 Å². The minimum atomic E-state index is 0.249. The molecule has 0 aromatic heterocycles. The van der Waals surface area contributed by atoms with Crippen molar-refractivity contribution in [3.8, 4) is 0 Å². The molecule has 0 spiro atoms. The number of halogens is 1. The second-order valence-electron chi connectivity index (χ2n) is 7.07. The van der Waals surface area contributed by atoms with Gasteiger partial charge >= 0.3 is 0 Å². The smallest absolute Gasteiger partial charge is 0.223 e. The van der Waals surface area contributed by atoms with E-state index < -0.39 is 0 Å². The first-order chi connectivity index (χ1) is 9.15. The van der Waals surface area contributed by atoms with Gasteiger partial charge in [0, 0.05) is 17.8 Å². The standard InChI is InChI=1S/C16H26BrNO/c1-3-16(4-2,8-17)9-18-15(19)14-12-10-5-6-11(7-10)13(12)14/h10-14H,3-9H2,1-2H3,(H,18,19). The Morgan fingerprint density at radius 2 is 1.79 bits per heavy atom. The third-order valence-electron chi connectivity index (χ3n) is 6.46. The van der Waals surface area contributed by atoms with Gasteiger partial charge in [-0.05, 0) is 61.2 Å². The summed E-state index contributed by atoms with van der Waals surface area (Å²) in [6, 6.07) is 0. The highest BCUT2D eigenvalue weighted by Gasteiger charge is 2.67. The van der Waals surface area contributed by atoms with Gasteiger partial charge in [-0.25, -0.2) is 0 Å².